The van der Waals surface area contributed by atoms with Gasteiger partial charge in [-0.1, -0.05) is 24.4 Å². The van der Waals surface area contributed by atoms with Crippen LogP contribution in [0.1, 0.15) is 39.5 Å². The Balaban J connectivity index is 2.00. The van der Waals surface area contributed by atoms with Gasteiger partial charge >= 0.3 is 0 Å². The molecule has 1 fully saturated rings. The Bertz CT molecular complexity index is 501. The fourth-order valence-corrected chi connectivity index (χ4v) is 3.09. The minimum Gasteiger partial charge on any atom is -0.322 e. The van der Waals surface area contributed by atoms with E-state index >= 15 is 0 Å². The fourth-order valence-electron chi connectivity index (χ4n) is 2.92. The number of benzene rings is 1. The summed E-state index contributed by atoms with van der Waals surface area (Å²) < 4.78 is 13.6. The molecule has 1 aromatic carbocycles. The summed E-state index contributed by atoms with van der Waals surface area (Å²) in [6, 6.07) is 4.91. The third kappa shape index (κ3) is 4.42. The second-order valence-corrected chi connectivity index (χ2v) is 6.31. The molecular formula is C16H22ClFN2O. The largest absolute Gasteiger partial charge is 0.322 e. The number of hydrogen-bond donors (Lipinski definition) is 1. The van der Waals surface area contributed by atoms with Crippen molar-refractivity contribution in [3.8, 4) is 0 Å². The smallest absolute Gasteiger partial charge is 0.238 e. The van der Waals surface area contributed by atoms with Gasteiger partial charge in [-0.25, -0.2) is 4.39 Å². The predicted molar refractivity (Wildman–Crippen MR) is 84.1 cm³/mol. The summed E-state index contributed by atoms with van der Waals surface area (Å²) in [5, 5.41) is 3.03. The highest BCUT2D eigenvalue weighted by molar-refractivity contribution is 6.30. The van der Waals surface area contributed by atoms with Gasteiger partial charge in [0, 0.05) is 17.1 Å². The summed E-state index contributed by atoms with van der Waals surface area (Å²) >= 11 is 5.83. The molecule has 3 nitrogen and oxygen atoms in total. The third-order valence-electron chi connectivity index (χ3n) is 3.99. The van der Waals surface area contributed by atoms with Crippen LogP contribution in [0.2, 0.25) is 5.02 Å². The zero-order valence-corrected chi connectivity index (χ0v) is 13.3. The minimum atomic E-state index is -0.468. The molecule has 0 aromatic heterocycles. The molecule has 0 unspecified atom stereocenters. The van der Waals surface area contributed by atoms with E-state index < -0.39 is 5.82 Å². The Hall–Kier alpha value is -1.13. The molecular weight excluding hydrogens is 291 g/mol. The number of carbonyl (C=O) groups is 1. The fraction of sp³-hybridized carbons (Fsp3) is 0.562. The lowest BCUT2D eigenvalue weighted by molar-refractivity contribution is -0.118. The molecule has 0 heterocycles. The van der Waals surface area contributed by atoms with Crippen LogP contribution in [-0.2, 0) is 4.79 Å². The molecule has 5 heteroatoms. The molecule has 1 aliphatic rings. The first-order valence-electron chi connectivity index (χ1n) is 7.48. The van der Waals surface area contributed by atoms with Crippen molar-refractivity contribution in [2.24, 2.45) is 0 Å². The van der Waals surface area contributed by atoms with Crippen molar-refractivity contribution in [2.75, 3.05) is 11.9 Å². The van der Waals surface area contributed by atoms with Crippen molar-refractivity contribution >= 4 is 23.2 Å². The highest BCUT2D eigenvalue weighted by Gasteiger charge is 2.26. The second kappa shape index (κ2) is 7.23. The summed E-state index contributed by atoms with van der Waals surface area (Å²) in [5.41, 5.74) is 0.141. The van der Waals surface area contributed by atoms with Crippen LogP contribution >= 0.6 is 11.6 Å². The number of rotatable bonds is 5. The molecule has 21 heavy (non-hydrogen) atoms. The lowest BCUT2D eigenvalue weighted by atomic mass is 10.1. The first-order chi connectivity index (χ1) is 9.97. The molecule has 1 aliphatic carbocycles. The number of amides is 1. The standard InChI is InChI=1S/C16H22ClFN2O/c1-11(2)20(13-5-3-4-6-13)10-16(21)19-15-9-12(17)7-8-14(15)18/h7-9,11,13H,3-6,10H2,1-2H3,(H,19,21). The Labute approximate surface area is 130 Å². The van der Waals surface area contributed by atoms with Crippen LogP contribution in [0.25, 0.3) is 0 Å². The lowest BCUT2D eigenvalue weighted by Crippen LogP contribution is -2.43. The van der Waals surface area contributed by atoms with E-state index in [0.717, 1.165) is 12.8 Å². The maximum Gasteiger partial charge on any atom is 0.238 e. The number of hydrogen-bond acceptors (Lipinski definition) is 2. The Morgan fingerprint density at radius 3 is 2.71 bits per heavy atom. The van der Waals surface area contributed by atoms with Gasteiger partial charge in [0.2, 0.25) is 5.91 Å². The van der Waals surface area contributed by atoms with Crippen molar-refractivity contribution < 1.29 is 9.18 Å². The summed E-state index contributed by atoms with van der Waals surface area (Å²) in [5.74, 6) is -0.665. The van der Waals surface area contributed by atoms with Gasteiger partial charge in [0.15, 0.2) is 0 Å². The predicted octanol–water partition coefficient (Wildman–Crippen LogP) is 4.07. The van der Waals surface area contributed by atoms with Gasteiger partial charge in [-0.15, -0.1) is 0 Å². The number of nitrogens with one attached hydrogen (secondary N) is 1. The molecule has 0 aliphatic heterocycles. The van der Waals surface area contributed by atoms with Crippen LogP contribution in [0.4, 0.5) is 10.1 Å². The molecule has 1 aromatic rings. The third-order valence-corrected chi connectivity index (χ3v) is 4.22. The minimum absolute atomic E-state index is 0.141. The summed E-state index contributed by atoms with van der Waals surface area (Å²) in [6.07, 6.45) is 4.71. The maximum absolute atomic E-state index is 13.6. The Kier molecular flexibility index (Phi) is 5.59. The van der Waals surface area contributed by atoms with E-state index in [4.69, 9.17) is 11.6 Å². The van der Waals surface area contributed by atoms with E-state index in [2.05, 4.69) is 24.1 Å². The van der Waals surface area contributed by atoms with Gasteiger partial charge in [0.25, 0.3) is 0 Å². The number of anilines is 1. The molecule has 2 rings (SSSR count). The zero-order valence-electron chi connectivity index (χ0n) is 12.5. The molecule has 1 amide bonds. The van der Waals surface area contributed by atoms with Crippen LogP contribution in [0, 0.1) is 5.82 Å². The Morgan fingerprint density at radius 2 is 2.10 bits per heavy atom. The van der Waals surface area contributed by atoms with Gasteiger partial charge in [0.1, 0.15) is 5.82 Å². The van der Waals surface area contributed by atoms with Gasteiger partial charge in [-0.3, -0.25) is 9.69 Å². The van der Waals surface area contributed by atoms with Crippen molar-refractivity contribution in [1.29, 1.82) is 0 Å². The van der Waals surface area contributed by atoms with Gasteiger partial charge < -0.3 is 5.32 Å². The average Bonchev–Trinajstić information content (AvgIpc) is 2.93. The van der Waals surface area contributed by atoms with Crippen LogP contribution < -0.4 is 5.32 Å². The van der Waals surface area contributed by atoms with Crippen LogP contribution in [0.5, 0.6) is 0 Å². The van der Waals surface area contributed by atoms with E-state index in [9.17, 15) is 9.18 Å². The lowest BCUT2D eigenvalue weighted by Gasteiger charge is -2.31. The Morgan fingerprint density at radius 1 is 1.43 bits per heavy atom. The molecule has 1 N–H and O–H groups in total. The maximum atomic E-state index is 13.6. The second-order valence-electron chi connectivity index (χ2n) is 5.88. The molecule has 116 valence electrons. The number of nitrogens with zero attached hydrogens (tertiary/aromatic N) is 1. The van der Waals surface area contributed by atoms with Crippen LogP contribution in [0.15, 0.2) is 18.2 Å². The summed E-state index contributed by atoms with van der Waals surface area (Å²) in [4.78, 5) is 14.4. The molecule has 0 saturated heterocycles. The van der Waals surface area contributed by atoms with Crippen LogP contribution in [0.3, 0.4) is 0 Å². The van der Waals surface area contributed by atoms with E-state index in [0.29, 0.717) is 17.1 Å². The molecule has 0 bridgehead atoms. The van der Waals surface area contributed by atoms with Gasteiger partial charge in [0.05, 0.1) is 12.2 Å². The van der Waals surface area contributed by atoms with E-state index in [-0.39, 0.29) is 18.1 Å². The number of carbonyl (C=O) groups excluding carboxylic acids is 1. The molecule has 0 radical (unpaired) electrons. The van der Waals surface area contributed by atoms with E-state index in [1.165, 1.54) is 31.0 Å². The zero-order chi connectivity index (χ0) is 15.4. The first kappa shape index (κ1) is 16.2. The summed E-state index contributed by atoms with van der Waals surface area (Å²) in [7, 11) is 0. The van der Waals surface area contributed by atoms with Crippen molar-refractivity contribution in [3.05, 3.63) is 29.0 Å². The first-order valence-corrected chi connectivity index (χ1v) is 7.86. The van der Waals surface area contributed by atoms with Crippen LogP contribution in [-0.4, -0.2) is 29.4 Å². The van der Waals surface area contributed by atoms with E-state index in [1.54, 1.807) is 0 Å². The van der Waals surface area contributed by atoms with Gasteiger partial charge in [-0.05, 0) is 44.9 Å². The van der Waals surface area contributed by atoms with Gasteiger partial charge in [-0.2, -0.15) is 0 Å². The highest BCUT2D eigenvalue weighted by atomic mass is 35.5. The van der Waals surface area contributed by atoms with Crippen molar-refractivity contribution in [3.63, 3.8) is 0 Å². The topological polar surface area (TPSA) is 32.3 Å². The SMILES string of the molecule is CC(C)N(CC(=O)Nc1cc(Cl)ccc1F)C1CCCC1. The average molecular weight is 313 g/mol. The quantitative estimate of drug-likeness (QED) is 0.889. The van der Waals surface area contributed by atoms with Crippen molar-refractivity contribution in [1.82, 2.24) is 4.90 Å². The monoisotopic (exact) mass is 312 g/mol. The molecule has 0 atom stereocenters. The number of halogens is 2. The molecule has 1 saturated carbocycles. The van der Waals surface area contributed by atoms with E-state index in [1.807, 2.05) is 0 Å². The van der Waals surface area contributed by atoms with Crippen molar-refractivity contribution in [2.45, 2.75) is 51.6 Å². The summed E-state index contributed by atoms with van der Waals surface area (Å²) in [6.45, 7) is 4.46. The molecule has 0 spiro atoms. The normalized spacial score (nSPS) is 15.9. The highest BCUT2D eigenvalue weighted by Crippen LogP contribution is 2.25.